The van der Waals surface area contributed by atoms with Gasteiger partial charge in [0.05, 0.1) is 6.61 Å². The van der Waals surface area contributed by atoms with Crippen LogP contribution in [-0.4, -0.2) is 19.7 Å². The molecule has 1 saturated heterocycles. The van der Waals surface area contributed by atoms with E-state index >= 15 is 0 Å². The van der Waals surface area contributed by atoms with Gasteiger partial charge in [-0.05, 0) is 61.9 Å². The van der Waals surface area contributed by atoms with Crippen molar-refractivity contribution in [1.82, 2.24) is 5.32 Å². The Morgan fingerprint density at radius 3 is 2.67 bits per heavy atom. The molecule has 18 heavy (non-hydrogen) atoms. The van der Waals surface area contributed by atoms with Gasteiger partial charge in [0.25, 0.3) is 0 Å². The molecule has 0 aliphatic carbocycles. The zero-order valence-corrected chi connectivity index (χ0v) is 11.6. The van der Waals surface area contributed by atoms with Crippen LogP contribution in [0.1, 0.15) is 44.6 Å². The summed E-state index contributed by atoms with van der Waals surface area (Å²) in [4.78, 5) is 0. The van der Waals surface area contributed by atoms with Crippen LogP contribution in [0.5, 0.6) is 5.75 Å². The van der Waals surface area contributed by atoms with Gasteiger partial charge in [-0.25, -0.2) is 0 Å². The fraction of sp³-hybridized carbons (Fsp3) is 0.625. The number of piperidine rings is 1. The SMILES string of the molecule is CC(C)c1ccc(OCC[C@H]2CCCNC2)cc1. The molecule has 0 aromatic heterocycles. The van der Waals surface area contributed by atoms with Gasteiger partial charge in [-0.2, -0.15) is 0 Å². The molecule has 0 bridgehead atoms. The van der Waals surface area contributed by atoms with Crippen LogP contribution in [0.3, 0.4) is 0 Å². The van der Waals surface area contributed by atoms with Crippen LogP contribution in [0.25, 0.3) is 0 Å². The van der Waals surface area contributed by atoms with Gasteiger partial charge in [-0.1, -0.05) is 26.0 Å². The van der Waals surface area contributed by atoms with Gasteiger partial charge >= 0.3 is 0 Å². The van der Waals surface area contributed by atoms with Gasteiger partial charge in [0, 0.05) is 0 Å². The second-order valence-electron chi connectivity index (χ2n) is 5.57. The van der Waals surface area contributed by atoms with Gasteiger partial charge in [0.15, 0.2) is 0 Å². The Hall–Kier alpha value is -1.02. The smallest absolute Gasteiger partial charge is 0.119 e. The van der Waals surface area contributed by atoms with Gasteiger partial charge in [-0.3, -0.25) is 0 Å². The minimum Gasteiger partial charge on any atom is -0.494 e. The van der Waals surface area contributed by atoms with Gasteiger partial charge in [0.2, 0.25) is 0 Å². The maximum absolute atomic E-state index is 5.82. The number of nitrogens with one attached hydrogen (secondary N) is 1. The molecule has 0 amide bonds. The lowest BCUT2D eigenvalue weighted by molar-refractivity contribution is 0.254. The molecular formula is C16H25NO. The largest absolute Gasteiger partial charge is 0.494 e. The van der Waals surface area contributed by atoms with Gasteiger partial charge in [0.1, 0.15) is 5.75 Å². The summed E-state index contributed by atoms with van der Waals surface area (Å²) in [5.74, 6) is 2.39. The number of ether oxygens (including phenoxy) is 1. The summed E-state index contributed by atoms with van der Waals surface area (Å²) in [5.41, 5.74) is 1.37. The quantitative estimate of drug-likeness (QED) is 0.858. The Labute approximate surface area is 111 Å². The van der Waals surface area contributed by atoms with Crippen LogP contribution < -0.4 is 10.1 Å². The molecule has 0 spiro atoms. The third kappa shape index (κ3) is 4.02. The van der Waals surface area contributed by atoms with Crippen LogP contribution >= 0.6 is 0 Å². The molecule has 100 valence electrons. The lowest BCUT2D eigenvalue weighted by atomic mass is 9.97. The lowest BCUT2D eigenvalue weighted by Crippen LogP contribution is -2.30. The van der Waals surface area contributed by atoms with E-state index in [2.05, 4.69) is 43.4 Å². The van der Waals surface area contributed by atoms with E-state index in [1.54, 1.807) is 0 Å². The molecule has 1 atom stereocenters. The van der Waals surface area contributed by atoms with Crippen molar-refractivity contribution >= 4 is 0 Å². The third-order valence-corrected chi connectivity index (χ3v) is 3.74. The van der Waals surface area contributed by atoms with Crippen molar-refractivity contribution in [3.8, 4) is 5.75 Å². The van der Waals surface area contributed by atoms with Gasteiger partial charge in [-0.15, -0.1) is 0 Å². The normalized spacial score (nSPS) is 20.1. The fourth-order valence-electron chi connectivity index (χ4n) is 2.46. The summed E-state index contributed by atoms with van der Waals surface area (Å²) < 4.78 is 5.82. The van der Waals surface area contributed by atoms with Crippen LogP contribution in [0.2, 0.25) is 0 Å². The summed E-state index contributed by atoms with van der Waals surface area (Å²) in [6.45, 7) is 7.62. The summed E-state index contributed by atoms with van der Waals surface area (Å²) in [6.07, 6.45) is 3.83. The molecule has 1 aromatic carbocycles. The van der Waals surface area contributed by atoms with Crippen molar-refractivity contribution in [2.45, 2.75) is 39.0 Å². The second-order valence-corrected chi connectivity index (χ2v) is 5.57. The minimum absolute atomic E-state index is 0.590. The maximum Gasteiger partial charge on any atom is 0.119 e. The molecule has 1 aliphatic heterocycles. The van der Waals surface area contributed by atoms with Crippen molar-refractivity contribution in [3.63, 3.8) is 0 Å². The Morgan fingerprint density at radius 1 is 1.28 bits per heavy atom. The van der Waals surface area contributed by atoms with E-state index in [0.717, 1.165) is 24.8 Å². The molecule has 0 saturated carbocycles. The van der Waals surface area contributed by atoms with Crippen molar-refractivity contribution in [1.29, 1.82) is 0 Å². The highest BCUT2D eigenvalue weighted by atomic mass is 16.5. The molecule has 1 aliphatic rings. The first-order chi connectivity index (χ1) is 8.75. The molecule has 2 nitrogen and oxygen atoms in total. The zero-order chi connectivity index (χ0) is 12.8. The summed E-state index contributed by atoms with van der Waals surface area (Å²) >= 11 is 0. The highest BCUT2D eigenvalue weighted by Crippen LogP contribution is 2.19. The summed E-state index contributed by atoms with van der Waals surface area (Å²) in [6, 6.07) is 8.52. The van der Waals surface area contributed by atoms with Crippen LogP contribution in [0.4, 0.5) is 0 Å². The highest BCUT2D eigenvalue weighted by molar-refractivity contribution is 5.28. The first-order valence-electron chi connectivity index (χ1n) is 7.19. The Kier molecular flexibility index (Phi) is 5.06. The fourth-order valence-corrected chi connectivity index (χ4v) is 2.46. The molecule has 2 heteroatoms. The average Bonchev–Trinajstić information content (AvgIpc) is 2.40. The first-order valence-corrected chi connectivity index (χ1v) is 7.19. The Bertz CT molecular complexity index is 339. The van der Waals surface area contributed by atoms with E-state index in [1.807, 2.05) is 0 Å². The number of benzene rings is 1. The first kappa shape index (κ1) is 13.4. The van der Waals surface area contributed by atoms with E-state index in [4.69, 9.17) is 4.74 Å². The second kappa shape index (κ2) is 6.79. The topological polar surface area (TPSA) is 21.3 Å². The van der Waals surface area contributed by atoms with Crippen LogP contribution in [-0.2, 0) is 0 Å². The molecule has 2 rings (SSSR count). The summed E-state index contributed by atoms with van der Waals surface area (Å²) in [5, 5.41) is 3.45. The minimum atomic E-state index is 0.590. The van der Waals surface area contributed by atoms with E-state index < -0.39 is 0 Å². The number of hydrogen-bond donors (Lipinski definition) is 1. The Morgan fingerprint density at radius 2 is 2.06 bits per heavy atom. The predicted octanol–water partition coefficient (Wildman–Crippen LogP) is 3.58. The number of rotatable bonds is 5. The highest BCUT2D eigenvalue weighted by Gasteiger charge is 2.12. The lowest BCUT2D eigenvalue weighted by Gasteiger charge is -2.22. The van der Waals surface area contributed by atoms with E-state index in [9.17, 15) is 0 Å². The van der Waals surface area contributed by atoms with E-state index in [-0.39, 0.29) is 0 Å². The average molecular weight is 247 g/mol. The molecule has 1 aromatic rings. The molecule has 1 N–H and O–H groups in total. The van der Waals surface area contributed by atoms with Crippen molar-refractivity contribution < 1.29 is 4.74 Å². The summed E-state index contributed by atoms with van der Waals surface area (Å²) in [7, 11) is 0. The van der Waals surface area contributed by atoms with Crippen LogP contribution in [0.15, 0.2) is 24.3 Å². The zero-order valence-electron chi connectivity index (χ0n) is 11.6. The van der Waals surface area contributed by atoms with Crippen LogP contribution in [0, 0.1) is 5.92 Å². The van der Waals surface area contributed by atoms with E-state index in [0.29, 0.717) is 5.92 Å². The predicted molar refractivity (Wildman–Crippen MR) is 76.2 cm³/mol. The maximum atomic E-state index is 5.82. The number of hydrogen-bond acceptors (Lipinski definition) is 2. The van der Waals surface area contributed by atoms with Gasteiger partial charge < -0.3 is 10.1 Å². The molecule has 0 radical (unpaired) electrons. The monoisotopic (exact) mass is 247 g/mol. The Balaban J connectivity index is 1.72. The third-order valence-electron chi connectivity index (χ3n) is 3.74. The van der Waals surface area contributed by atoms with Crippen molar-refractivity contribution in [2.75, 3.05) is 19.7 Å². The van der Waals surface area contributed by atoms with E-state index in [1.165, 1.54) is 31.4 Å². The molecule has 1 fully saturated rings. The molecule has 0 unspecified atom stereocenters. The standard InChI is InChI=1S/C16H25NO/c1-13(2)15-5-7-16(8-6-15)18-11-9-14-4-3-10-17-12-14/h5-8,13-14,17H,3-4,9-12H2,1-2H3/t14-/m1/s1. The molecular weight excluding hydrogens is 222 g/mol. The van der Waals surface area contributed by atoms with Crippen molar-refractivity contribution in [3.05, 3.63) is 29.8 Å². The van der Waals surface area contributed by atoms with Crippen molar-refractivity contribution in [2.24, 2.45) is 5.92 Å². The molecule has 1 heterocycles.